The smallest absolute Gasteiger partial charge is 0.220 e. The Balaban J connectivity index is 0.000000135. The zero-order valence-electron chi connectivity index (χ0n) is 83.1. The molecule has 742 valence electrons. The average molecular weight is 1940 g/mol. The molecule has 9 heterocycles. The molecule has 15 aromatic rings. The molecular weight excluding hydrogens is 1820 g/mol. The van der Waals surface area contributed by atoms with Crippen LogP contribution < -0.4 is 102 Å². The van der Waals surface area contributed by atoms with Crippen LogP contribution >= 0.6 is 0 Å². The van der Waals surface area contributed by atoms with Gasteiger partial charge >= 0.3 is 0 Å². The number of methoxy groups -OCH3 is 12. The third-order valence-corrected chi connectivity index (χ3v) is 25.6. The zero-order chi connectivity index (χ0) is 101. The van der Waals surface area contributed by atoms with Crippen molar-refractivity contribution in [1.29, 1.82) is 0 Å². The van der Waals surface area contributed by atoms with Gasteiger partial charge in [-0.2, -0.15) is 0 Å². The van der Waals surface area contributed by atoms with Crippen molar-refractivity contribution in [3.05, 3.63) is 231 Å². The van der Waals surface area contributed by atoms with E-state index in [0.717, 1.165) is 145 Å². The predicted octanol–water partition coefficient (Wildman–Crippen LogP) is 19.6. The number of fused-ring (bicyclic) bond motifs is 5. The van der Waals surface area contributed by atoms with Gasteiger partial charge in [0, 0.05) is 133 Å². The number of amides is 4. The van der Waals surface area contributed by atoms with Gasteiger partial charge in [-0.05, 0) is 260 Å². The molecule has 0 saturated carbocycles. The minimum Gasteiger partial charge on any atom is -0.493 e. The Kier molecular flexibility index (Phi) is 33.7. The summed E-state index contributed by atoms with van der Waals surface area (Å²) in [5, 5.41) is 16.3. The number of hydrogen-bond donors (Lipinski definition) is 4. The molecule has 10 aromatic carbocycles. The lowest BCUT2D eigenvalue weighted by molar-refractivity contribution is -0.123. The number of ether oxygens (including phenoxy) is 17. The van der Waals surface area contributed by atoms with Gasteiger partial charge in [0.2, 0.25) is 46.6 Å². The maximum Gasteiger partial charge on any atom is 0.220 e. The fourth-order valence-corrected chi connectivity index (χ4v) is 17.8. The van der Waals surface area contributed by atoms with Crippen molar-refractivity contribution < 1.29 is 99.7 Å². The highest BCUT2D eigenvalue weighted by atomic mass is 16.6. The molecule has 0 bridgehead atoms. The molecule has 5 aromatic heterocycles. The van der Waals surface area contributed by atoms with E-state index in [1.807, 2.05) is 204 Å². The highest BCUT2D eigenvalue weighted by molar-refractivity contribution is 5.96. The number of carbonyl (C=O) groups excluding carboxylic acids is 4. The van der Waals surface area contributed by atoms with Crippen LogP contribution in [0.4, 0.5) is 0 Å². The van der Waals surface area contributed by atoms with Crippen molar-refractivity contribution in [2.24, 2.45) is 23.7 Å². The fourth-order valence-electron chi connectivity index (χ4n) is 17.8. The minimum absolute atomic E-state index is 0.0478. The molecule has 30 nitrogen and oxygen atoms in total. The second-order valence-electron chi connectivity index (χ2n) is 34.5. The lowest BCUT2D eigenvalue weighted by Gasteiger charge is -2.23. The number of aromatic nitrogens is 5. The summed E-state index contributed by atoms with van der Waals surface area (Å²) in [6, 6.07) is 65.2. The number of rotatable bonds is 31. The molecular formula is C113H119N9O21. The molecule has 19 rings (SSSR count). The van der Waals surface area contributed by atoms with Crippen molar-refractivity contribution in [3.8, 4) is 153 Å². The summed E-state index contributed by atoms with van der Waals surface area (Å²) in [4.78, 5) is 68.7. The molecule has 4 aliphatic heterocycles. The molecule has 4 aliphatic rings. The Morgan fingerprint density at radius 1 is 0.273 bits per heavy atom. The van der Waals surface area contributed by atoms with Crippen molar-refractivity contribution >= 4 is 78.1 Å². The maximum absolute atomic E-state index is 11.6. The summed E-state index contributed by atoms with van der Waals surface area (Å²) in [6.45, 7) is 11.7. The van der Waals surface area contributed by atoms with Gasteiger partial charge in [0.25, 0.3) is 0 Å². The van der Waals surface area contributed by atoms with Crippen molar-refractivity contribution in [2.75, 3.05) is 125 Å². The molecule has 4 N–H and O–H groups in total. The number of pyridine rings is 5. The number of nitrogens with one attached hydrogen (secondary N) is 4. The molecule has 30 heteroatoms. The average Bonchev–Trinajstić information content (AvgIpc) is 1.56. The van der Waals surface area contributed by atoms with Gasteiger partial charge in [-0.25, -0.2) is 0 Å². The highest BCUT2D eigenvalue weighted by Gasteiger charge is 2.33. The molecule has 0 radical (unpaired) electrons. The molecule has 4 amide bonds. The van der Waals surface area contributed by atoms with Crippen LogP contribution in [-0.4, -0.2) is 192 Å². The molecule has 0 aliphatic carbocycles. The Morgan fingerprint density at radius 2 is 0.517 bits per heavy atom. The van der Waals surface area contributed by atoms with Crippen LogP contribution in [0.2, 0.25) is 0 Å². The van der Waals surface area contributed by atoms with Gasteiger partial charge in [0.15, 0.2) is 46.0 Å². The third-order valence-electron chi connectivity index (χ3n) is 25.6. The van der Waals surface area contributed by atoms with Crippen molar-refractivity contribution in [1.82, 2.24) is 46.2 Å². The van der Waals surface area contributed by atoms with E-state index in [-0.39, 0.29) is 65.6 Å². The second kappa shape index (κ2) is 47.6. The second-order valence-corrected chi connectivity index (χ2v) is 34.5. The topological polar surface area (TPSA) is 338 Å². The van der Waals surface area contributed by atoms with Crippen LogP contribution in [-0.2, 0) is 19.2 Å². The summed E-state index contributed by atoms with van der Waals surface area (Å²) in [5.74, 6) is 11.8. The summed E-state index contributed by atoms with van der Waals surface area (Å²) >= 11 is 0. The van der Waals surface area contributed by atoms with Gasteiger partial charge in [-0.1, -0.05) is 30.3 Å². The monoisotopic (exact) mass is 1940 g/mol. The quantitative estimate of drug-likeness (QED) is 0.0313. The van der Waals surface area contributed by atoms with E-state index in [0.29, 0.717) is 134 Å². The van der Waals surface area contributed by atoms with Gasteiger partial charge < -0.3 is 102 Å². The normalized spacial score (nSPS) is 15.7. The van der Waals surface area contributed by atoms with E-state index in [1.165, 1.54) is 0 Å². The SMILES string of the molecule is CCOc1cc(-c2cc(OC)c(OC)c(OC)c2)cc2ncccc12.COc1cc(-c2cc(OCC3CCC(=O)NC3)c3cccnc3c2)cc(OC)c1OC.COc1cc(-c2cc(O[C@H](C)[C@H]3CNC(=O)C3)c3cccnc3c2)cc(OC)c1OC.COc1cc(-c2cc(O[C@H](C)[C@H]3CNC(=O)C3)c3cccnc3c2)cc(OC)c1OC.C[C@@H](Oc1cc(-c2ccccc2)cc2ncccc12)[C@H]1CNC(=O)C1. The predicted molar refractivity (Wildman–Crippen MR) is 551 cm³/mol. The van der Waals surface area contributed by atoms with E-state index >= 15 is 0 Å². The van der Waals surface area contributed by atoms with Gasteiger partial charge in [-0.3, -0.25) is 44.1 Å². The van der Waals surface area contributed by atoms with Gasteiger partial charge in [0.05, 0.1) is 126 Å². The number of carbonyl (C=O) groups is 4. The number of nitrogens with zero attached hydrogens (tertiary/aromatic N) is 5. The lowest BCUT2D eigenvalue weighted by atomic mass is 10.00. The Hall–Kier alpha value is -16.3. The van der Waals surface area contributed by atoms with Crippen LogP contribution in [0.3, 0.4) is 0 Å². The number of benzene rings is 10. The van der Waals surface area contributed by atoms with E-state index in [4.69, 9.17) is 80.5 Å². The Morgan fingerprint density at radius 3 is 0.762 bits per heavy atom. The first-order chi connectivity index (χ1) is 69.6. The van der Waals surface area contributed by atoms with Crippen LogP contribution in [0.1, 0.15) is 59.8 Å². The van der Waals surface area contributed by atoms with Crippen LogP contribution in [0.5, 0.6) is 97.7 Å². The molecule has 0 spiro atoms. The minimum atomic E-state index is -0.127. The van der Waals surface area contributed by atoms with Crippen LogP contribution in [0.25, 0.3) is 110 Å². The van der Waals surface area contributed by atoms with E-state index < -0.39 is 0 Å². The van der Waals surface area contributed by atoms with Crippen LogP contribution in [0.15, 0.2) is 231 Å². The van der Waals surface area contributed by atoms with E-state index in [9.17, 15) is 19.2 Å². The lowest BCUT2D eigenvalue weighted by Crippen LogP contribution is -2.37. The summed E-state index contributed by atoms with van der Waals surface area (Å²) in [7, 11) is 19.1. The molecule has 7 atom stereocenters. The number of hydrogen-bond acceptors (Lipinski definition) is 26. The Bertz CT molecular complexity index is 6760. The van der Waals surface area contributed by atoms with Crippen LogP contribution in [0, 0.1) is 23.7 Å². The summed E-state index contributed by atoms with van der Waals surface area (Å²) in [5.41, 5.74) is 13.8. The highest BCUT2D eigenvalue weighted by Crippen LogP contribution is 2.49. The third kappa shape index (κ3) is 23.9. The standard InChI is InChI=1S/3C24H26N2O5.C21H20N2O2.C20H21NO4/c2*1-14(17-12-23(27)26-13-17)31-20-9-15(8-19-18(20)6-5-7-25-19)16-10-21(28-2)24(30-4)22(11-16)29-3;1-28-21-11-17(12-22(29-2)24(21)30-3)16-9-19-18(5-4-8-25-19)20(10-16)31-14-15-6-7-23(27)26-13-15;1-14(17-12-21(24)23-13-17)25-20-11-16(15-6-3-2-4-7-15)10-19-18(20)8-5-9-22-19;1-5-25-17-10-13(9-16-15(17)7-6-8-21-16)14-11-18(22-2)20(24-4)19(12-14)23-3/h2*5-11,14,17H,12-13H2,1-4H3,(H,26,27);4-5,8-12,15H,6-7,13-14H2,1-3H3,(H,26,27);2-11,14,17H,12-13H2,1H3,(H,23,24);6-12H,5H2,1-4H3/t2*14-,17-;;14-,17-;/m11.1./s1. The molecule has 1 unspecified atom stereocenters. The zero-order valence-corrected chi connectivity index (χ0v) is 83.1. The first-order valence-electron chi connectivity index (χ1n) is 47.2. The fraction of sp³-hybridized carbons (Fsp3) is 0.301. The first-order valence-corrected chi connectivity index (χ1v) is 47.2. The Labute approximate surface area is 830 Å². The molecule has 143 heavy (non-hydrogen) atoms. The maximum atomic E-state index is 11.6. The first kappa shape index (κ1) is 101. The van der Waals surface area contributed by atoms with E-state index in [2.05, 4.69) is 70.5 Å². The van der Waals surface area contributed by atoms with Crippen molar-refractivity contribution in [2.45, 2.75) is 78.1 Å². The summed E-state index contributed by atoms with van der Waals surface area (Å²) < 4.78 is 96.7. The largest absolute Gasteiger partial charge is 0.493 e. The molecule has 4 saturated heterocycles. The summed E-state index contributed by atoms with van der Waals surface area (Å²) in [6.07, 6.45) is 11.4. The van der Waals surface area contributed by atoms with Crippen molar-refractivity contribution in [3.63, 3.8) is 0 Å². The van der Waals surface area contributed by atoms with Gasteiger partial charge in [-0.15, -0.1) is 0 Å². The van der Waals surface area contributed by atoms with E-state index in [1.54, 1.807) is 116 Å². The van der Waals surface area contributed by atoms with Gasteiger partial charge in [0.1, 0.15) is 47.1 Å². The molecule has 4 fully saturated rings. The number of piperidine rings is 1.